The van der Waals surface area contributed by atoms with Gasteiger partial charge in [0.15, 0.2) is 0 Å². The largest absolute Gasteiger partial charge is 0.396 e. The number of hydrogen-bond donors (Lipinski definition) is 2. The van der Waals surface area contributed by atoms with E-state index >= 15 is 0 Å². The summed E-state index contributed by atoms with van der Waals surface area (Å²) in [4.78, 5) is 39.2. The van der Waals surface area contributed by atoms with Crippen molar-refractivity contribution in [3.8, 4) is 0 Å². The van der Waals surface area contributed by atoms with Gasteiger partial charge in [-0.3, -0.25) is 14.4 Å². The summed E-state index contributed by atoms with van der Waals surface area (Å²) in [5, 5.41) is 11.9. The Morgan fingerprint density at radius 1 is 1.07 bits per heavy atom. The van der Waals surface area contributed by atoms with Gasteiger partial charge in [-0.1, -0.05) is 29.8 Å². The number of nitrogens with one attached hydrogen (secondary N) is 1. The van der Waals surface area contributed by atoms with E-state index in [1.54, 1.807) is 30.3 Å². The third kappa shape index (κ3) is 4.26. The normalized spacial score (nSPS) is 14.0. The number of carbonyl (C=O) groups excluding carboxylic acids is 3. The van der Waals surface area contributed by atoms with E-state index in [0.717, 1.165) is 11.1 Å². The molecule has 6 nitrogen and oxygen atoms in total. The highest BCUT2D eigenvalue weighted by molar-refractivity contribution is 8.04. The molecular weight excluding hydrogens is 388 g/mol. The molecule has 7 heteroatoms. The molecule has 0 unspecified atom stereocenters. The predicted octanol–water partition coefficient (Wildman–Crippen LogP) is 3.27. The first-order chi connectivity index (χ1) is 13.8. The standard InChI is InChI=1S/C22H22N2O4S/c1-13-4-9-18(14(2)12-13)24-21(27)19(20(22(24)28)29-11-10-25)16-5-7-17(8-6-16)23-15(3)26/h4-9,12,25H,10-11H2,1-3H3,(H,23,26). The predicted molar refractivity (Wildman–Crippen MR) is 116 cm³/mol. The number of aliphatic hydroxyl groups excluding tert-OH is 1. The number of imide groups is 1. The number of aryl methyl sites for hydroxylation is 2. The molecule has 0 spiro atoms. The minimum Gasteiger partial charge on any atom is -0.396 e. The molecule has 0 fully saturated rings. The summed E-state index contributed by atoms with van der Waals surface area (Å²) in [5.74, 6) is -0.664. The number of amides is 3. The summed E-state index contributed by atoms with van der Waals surface area (Å²) >= 11 is 1.17. The van der Waals surface area contributed by atoms with Crippen LogP contribution in [-0.4, -0.2) is 35.2 Å². The minimum atomic E-state index is -0.394. The molecule has 0 saturated carbocycles. The van der Waals surface area contributed by atoms with Crippen molar-refractivity contribution in [1.29, 1.82) is 0 Å². The second kappa shape index (κ2) is 8.63. The first kappa shape index (κ1) is 20.8. The SMILES string of the molecule is CC(=O)Nc1ccc(C2=C(SCCO)C(=O)N(c3ccc(C)cc3C)C2=O)cc1. The van der Waals surface area contributed by atoms with Gasteiger partial charge in [-0.2, -0.15) is 0 Å². The Labute approximate surface area is 173 Å². The van der Waals surface area contributed by atoms with Crippen LogP contribution in [0.5, 0.6) is 0 Å². The lowest BCUT2D eigenvalue weighted by molar-refractivity contribution is -0.120. The van der Waals surface area contributed by atoms with Crippen molar-refractivity contribution in [1.82, 2.24) is 0 Å². The number of aliphatic hydroxyl groups is 1. The van der Waals surface area contributed by atoms with Crippen LogP contribution in [0.1, 0.15) is 23.6 Å². The molecule has 3 amide bonds. The lowest BCUT2D eigenvalue weighted by atomic mass is 10.1. The Kier molecular flexibility index (Phi) is 6.20. The third-order valence-corrected chi connectivity index (χ3v) is 5.52. The molecule has 2 aromatic carbocycles. The number of anilines is 2. The van der Waals surface area contributed by atoms with Gasteiger partial charge in [-0.05, 0) is 43.2 Å². The highest BCUT2D eigenvalue weighted by atomic mass is 32.2. The quantitative estimate of drug-likeness (QED) is 0.714. The zero-order chi connectivity index (χ0) is 21.1. The molecule has 150 valence electrons. The molecule has 0 radical (unpaired) electrons. The van der Waals surface area contributed by atoms with E-state index in [4.69, 9.17) is 0 Å². The van der Waals surface area contributed by atoms with Gasteiger partial charge in [-0.25, -0.2) is 4.90 Å². The van der Waals surface area contributed by atoms with Crippen LogP contribution in [-0.2, 0) is 14.4 Å². The molecule has 2 aromatic rings. The van der Waals surface area contributed by atoms with Gasteiger partial charge in [0.05, 0.1) is 22.8 Å². The molecule has 29 heavy (non-hydrogen) atoms. The summed E-state index contributed by atoms with van der Waals surface area (Å²) < 4.78 is 0. The maximum absolute atomic E-state index is 13.3. The molecule has 2 N–H and O–H groups in total. The topological polar surface area (TPSA) is 86.7 Å². The van der Waals surface area contributed by atoms with E-state index in [2.05, 4.69) is 5.32 Å². The Morgan fingerprint density at radius 2 is 1.76 bits per heavy atom. The molecule has 0 atom stereocenters. The number of thioether (sulfide) groups is 1. The van der Waals surface area contributed by atoms with Crippen molar-refractivity contribution in [3.63, 3.8) is 0 Å². The second-order valence-electron chi connectivity index (χ2n) is 6.77. The van der Waals surface area contributed by atoms with E-state index in [-0.39, 0.29) is 18.4 Å². The first-order valence-electron chi connectivity index (χ1n) is 9.15. The van der Waals surface area contributed by atoms with Crippen LogP contribution >= 0.6 is 11.8 Å². The smallest absolute Gasteiger partial charge is 0.272 e. The van der Waals surface area contributed by atoms with Crippen molar-refractivity contribution >= 4 is 46.4 Å². The van der Waals surface area contributed by atoms with Crippen molar-refractivity contribution < 1.29 is 19.5 Å². The van der Waals surface area contributed by atoms with Gasteiger partial charge in [0, 0.05) is 18.4 Å². The van der Waals surface area contributed by atoms with Gasteiger partial charge in [-0.15, -0.1) is 11.8 Å². The second-order valence-corrected chi connectivity index (χ2v) is 7.88. The monoisotopic (exact) mass is 410 g/mol. The summed E-state index contributed by atoms with van der Waals surface area (Å²) in [7, 11) is 0. The van der Waals surface area contributed by atoms with Crippen LogP contribution in [0.3, 0.4) is 0 Å². The summed E-state index contributed by atoms with van der Waals surface area (Å²) in [5.41, 5.74) is 3.93. The number of benzene rings is 2. The highest BCUT2D eigenvalue weighted by Gasteiger charge is 2.40. The van der Waals surface area contributed by atoms with Crippen LogP contribution in [0, 0.1) is 13.8 Å². The lowest BCUT2D eigenvalue weighted by Crippen LogP contribution is -2.32. The summed E-state index contributed by atoms with van der Waals surface area (Å²) in [6, 6.07) is 12.4. The maximum atomic E-state index is 13.3. The van der Waals surface area contributed by atoms with Crippen LogP contribution in [0.15, 0.2) is 47.4 Å². The van der Waals surface area contributed by atoms with E-state index in [0.29, 0.717) is 33.2 Å². The molecule has 0 aromatic heterocycles. The van der Waals surface area contributed by atoms with Crippen molar-refractivity contribution in [2.45, 2.75) is 20.8 Å². The van der Waals surface area contributed by atoms with E-state index in [1.807, 2.05) is 26.0 Å². The highest BCUT2D eigenvalue weighted by Crippen LogP contribution is 2.39. The maximum Gasteiger partial charge on any atom is 0.272 e. The average Bonchev–Trinajstić information content (AvgIpc) is 2.90. The zero-order valence-corrected chi connectivity index (χ0v) is 17.3. The van der Waals surface area contributed by atoms with Gasteiger partial charge in [0.2, 0.25) is 5.91 Å². The van der Waals surface area contributed by atoms with E-state index in [1.165, 1.54) is 23.6 Å². The fourth-order valence-electron chi connectivity index (χ4n) is 3.24. The number of nitrogens with zero attached hydrogens (tertiary/aromatic N) is 1. The molecule has 0 saturated heterocycles. The Morgan fingerprint density at radius 3 is 2.34 bits per heavy atom. The fraction of sp³-hybridized carbons (Fsp3) is 0.227. The molecule has 1 heterocycles. The van der Waals surface area contributed by atoms with Crippen LogP contribution in [0.25, 0.3) is 5.57 Å². The van der Waals surface area contributed by atoms with Crippen LogP contribution in [0.4, 0.5) is 11.4 Å². The summed E-state index contributed by atoms with van der Waals surface area (Å²) in [6.45, 7) is 5.13. The number of carbonyl (C=O) groups is 3. The number of rotatable bonds is 6. The van der Waals surface area contributed by atoms with E-state index in [9.17, 15) is 19.5 Å². The van der Waals surface area contributed by atoms with Gasteiger partial charge in [0.1, 0.15) is 0 Å². The Hall–Kier alpha value is -2.90. The van der Waals surface area contributed by atoms with Crippen molar-refractivity contribution in [2.24, 2.45) is 0 Å². The average molecular weight is 410 g/mol. The molecule has 3 rings (SSSR count). The lowest BCUT2D eigenvalue weighted by Gasteiger charge is -2.18. The molecule has 1 aliphatic heterocycles. The third-order valence-electron chi connectivity index (χ3n) is 4.47. The van der Waals surface area contributed by atoms with Crippen molar-refractivity contribution in [3.05, 3.63) is 64.1 Å². The van der Waals surface area contributed by atoms with Gasteiger partial charge in [0.25, 0.3) is 11.8 Å². The Bertz CT molecular complexity index is 1010. The van der Waals surface area contributed by atoms with Gasteiger partial charge < -0.3 is 10.4 Å². The molecule has 0 bridgehead atoms. The molecular formula is C22H22N2O4S. The fourth-order valence-corrected chi connectivity index (χ4v) is 4.10. The van der Waals surface area contributed by atoms with E-state index < -0.39 is 5.91 Å². The first-order valence-corrected chi connectivity index (χ1v) is 10.1. The van der Waals surface area contributed by atoms with Crippen LogP contribution < -0.4 is 10.2 Å². The molecule has 0 aliphatic carbocycles. The number of hydrogen-bond acceptors (Lipinski definition) is 5. The van der Waals surface area contributed by atoms with Crippen molar-refractivity contribution in [2.75, 3.05) is 22.6 Å². The summed E-state index contributed by atoms with van der Waals surface area (Å²) in [6.07, 6.45) is 0. The Balaban J connectivity index is 2.04. The van der Waals surface area contributed by atoms with Crippen LogP contribution in [0.2, 0.25) is 0 Å². The molecule has 1 aliphatic rings. The zero-order valence-electron chi connectivity index (χ0n) is 16.5. The van der Waals surface area contributed by atoms with Gasteiger partial charge >= 0.3 is 0 Å². The minimum absolute atomic E-state index is 0.103.